The molecular formula is C25H23N5O2. The molecule has 32 heavy (non-hydrogen) atoms. The van der Waals surface area contributed by atoms with E-state index in [1.54, 1.807) is 30.5 Å². The largest absolute Gasteiger partial charge is 0.481 e. The second-order valence-corrected chi connectivity index (χ2v) is 7.84. The van der Waals surface area contributed by atoms with Crippen LogP contribution in [0.2, 0.25) is 0 Å². The number of aromatic nitrogens is 4. The fraction of sp³-hybridized carbons (Fsp3) is 0.200. The van der Waals surface area contributed by atoms with Gasteiger partial charge in [-0.3, -0.25) is 9.69 Å². The van der Waals surface area contributed by atoms with E-state index in [0.717, 1.165) is 35.2 Å². The van der Waals surface area contributed by atoms with E-state index in [1.165, 1.54) is 11.1 Å². The molecule has 1 amide bonds. The summed E-state index contributed by atoms with van der Waals surface area (Å²) in [5, 5.41) is 4.27. The first-order chi connectivity index (χ1) is 15.6. The molecule has 7 nitrogen and oxygen atoms in total. The molecule has 0 saturated carbocycles. The third-order valence-corrected chi connectivity index (χ3v) is 5.81. The van der Waals surface area contributed by atoms with Gasteiger partial charge in [0.1, 0.15) is 0 Å². The number of nitrogens with zero attached hydrogens (tertiary/aromatic N) is 5. The van der Waals surface area contributed by atoms with Crippen LogP contribution in [0, 0.1) is 6.92 Å². The summed E-state index contributed by atoms with van der Waals surface area (Å²) in [7, 11) is 1.55. The van der Waals surface area contributed by atoms with Crippen LogP contribution in [0.1, 0.15) is 32.6 Å². The molecular weight excluding hydrogens is 402 g/mol. The second-order valence-electron chi connectivity index (χ2n) is 7.84. The molecule has 4 aromatic rings. The molecule has 1 aliphatic heterocycles. The molecule has 2 aromatic carbocycles. The molecule has 0 spiro atoms. The average Bonchev–Trinajstić information content (AvgIpc) is 3.36. The molecule has 0 aliphatic carbocycles. The van der Waals surface area contributed by atoms with Crippen LogP contribution in [0.4, 0.5) is 5.95 Å². The summed E-state index contributed by atoms with van der Waals surface area (Å²) in [4.78, 5) is 23.6. The van der Waals surface area contributed by atoms with Crippen molar-refractivity contribution in [1.29, 1.82) is 0 Å². The molecule has 0 bridgehead atoms. The monoisotopic (exact) mass is 425 g/mol. The van der Waals surface area contributed by atoms with Gasteiger partial charge in [0.15, 0.2) is 0 Å². The molecule has 5 rings (SSSR count). The lowest BCUT2D eigenvalue weighted by atomic mass is 9.91. The summed E-state index contributed by atoms with van der Waals surface area (Å²) in [5.41, 5.74) is 6.32. The highest BCUT2D eigenvalue weighted by molar-refractivity contribution is 6.07. The first-order valence-corrected chi connectivity index (χ1v) is 10.5. The first-order valence-electron chi connectivity index (χ1n) is 10.5. The number of hydrogen-bond donors (Lipinski definition) is 0. The minimum atomic E-state index is -0.0743. The molecule has 3 heterocycles. The molecule has 7 heteroatoms. The Bertz CT molecular complexity index is 1270. The van der Waals surface area contributed by atoms with Gasteiger partial charge in [-0.15, -0.1) is 0 Å². The highest BCUT2D eigenvalue weighted by atomic mass is 16.5. The zero-order valence-electron chi connectivity index (χ0n) is 18.0. The van der Waals surface area contributed by atoms with Crippen molar-refractivity contribution in [3.8, 4) is 11.6 Å². The van der Waals surface area contributed by atoms with E-state index in [2.05, 4.69) is 52.3 Å². The maximum atomic E-state index is 13.3. The van der Waals surface area contributed by atoms with Gasteiger partial charge in [0.25, 0.3) is 5.91 Å². The van der Waals surface area contributed by atoms with Crippen molar-refractivity contribution >= 4 is 11.9 Å². The van der Waals surface area contributed by atoms with Gasteiger partial charge in [-0.2, -0.15) is 10.1 Å². The summed E-state index contributed by atoms with van der Waals surface area (Å²) in [6, 6.07) is 16.1. The summed E-state index contributed by atoms with van der Waals surface area (Å²) >= 11 is 0. The Morgan fingerprint density at radius 2 is 1.94 bits per heavy atom. The summed E-state index contributed by atoms with van der Waals surface area (Å²) < 4.78 is 7.02. The molecule has 0 fully saturated rings. The molecule has 2 aromatic heterocycles. The van der Waals surface area contributed by atoms with Crippen LogP contribution in [0.25, 0.3) is 5.69 Å². The number of ether oxygens (including phenoxy) is 1. The van der Waals surface area contributed by atoms with Crippen molar-refractivity contribution in [2.75, 3.05) is 18.6 Å². The summed E-state index contributed by atoms with van der Waals surface area (Å²) in [6.45, 7) is 2.66. The highest BCUT2D eigenvalue weighted by Crippen LogP contribution is 2.27. The quantitative estimate of drug-likeness (QED) is 0.487. The average molecular weight is 425 g/mol. The van der Waals surface area contributed by atoms with Crippen LogP contribution in [0.3, 0.4) is 0 Å². The first kappa shape index (κ1) is 19.9. The maximum absolute atomic E-state index is 13.3. The number of amides is 1. The van der Waals surface area contributed by atoms with Gasteiger partial charge < -0.3 is 4.74 Å². The van der Waals surface area contributed by atoms with Gasteiger partial charge in [0.05, 0.1) is 12.8 Å². The number of fused-ring (bicyclic) bond motifs is 1. The van der Waals surface area contributed by atoms with Crippen LogP contribution in [0.5, 0.6) is 5.88 Å². The van der Waals surface area contributed by atoms with Crippen LogP contribution in [0.15, 0.2) is 67.1 Å². The van der Waals surface area contributed by atoms with Crippen molar-refractivity contribution < 1.29 is 9.53 Å². The number of rotatable bonds is 5. The lowest BCUT2D eigenvalue weighted by Gasteiger charge is -2.28. The topological polar surface area (TPSA) is 73.1 Å². The second kappa shape index (κ2) is 8.26. The fourth-order valence-electron chi connectivity index (χ4n) is 4.06. The number of anilines is 1. The normalized spacial score (nSPS) is 13.2. The Labute approximate surface area is 186 Å². The van der Waals surface area contributed by atoms with Crippen molar-refractivity contribution in [3.63, 3.8) is 0 Å². The van der Waals surface area contributed by atoms with E-state index >= 15 is 0 Å². The zero-order chi connectivity index (χ0) is 22.1. The molecule has 0 radical (unpaired) electrons. The zero-order valence-corrected chi connectivity index (χ0v) is 18.0. The predicted octanol–water partition coefficient (Wildman–Crippen LogP) is 3.77. The van der Waals surface area contributed by atoms with Crippen molar-refractivity contribution in [2.45, 2.75) is 19.8 Å². The lowest BCUT2D eigenvalue weighted by Crippen LogP contribution is -2.39. The summed E-state index contributed by atoms with van der Waals surface area (Å²) in [6.07, 6.45) is 6.81. The highest BCUT2D eigenvalue weighted by Gasteiger charge is 2.28. The van der Waals surface area contributed by atoms with Crippen LogP contribution in [-0.2, 0) is 12.8 Å². The van der Waals surface area contributed by atoms with E-state index in [9.17, 15) is 4.79 Å². The van der Waals surface area contributed by atoms with Gasteiger partial charge in [-0.1, -0.05) is 18.2 Å². The van der Waals surface area contributed by atoms with Gasteiger partial charge in [-0.25, -0.2) is 9.67 Å². The molecule has 1 aliphatic rings. The third kappa shape index (κ3) is 3.73. The van der Waals surface area contributed by atoms with Gasteiger partial charge in [0.2, 0.25) is 11.8 Å². The lowest BCUT2D eigenvalue weighted by molar-refractivity contribution is 0.0978. The van der Waals surface area contributed by atoms with E-state index in [1.807, 2.05) is 23.0 Å². The standard InChI is InChI=1S/C25H23N5O2/c1-17-14-19-9-13-29(25-26-11-8-23(28-25)32-2)24(31)22(19)16-20(17)15-18-4-6-21(7-5-18)30-12-3-10-27-30/h3-8,10-12,14,16H,9,13,15H2,1-2H3. The number of aryl methyl sites for hydroxylation is 1. The molecule has 0 saturated heterocycles. The van der Waals surface area contributed by atoms with E-state index < -0.39 is 0 Å². The SMILES string of the molecule is COc1ccnc(N2CCc3cc(C)c(Cc4ccc(-n5cccn5)cc4)cc3C2=O)n1. The van der Waals surface area contributed by atoms with Crippen molar-refractivity contribution in [1.82, 2.24) is 19.7 Å². The Morgan fingerprint density at radius 1 is 1.09 bits per heavy atom. The number of carbonyl (C=O) groups excluding carboxylic acids is 1. The van der Waals surface area contributed by atoms with Gasteiger partial charge in [0, 0.05) is 36.8 Å². The van der Waals surface area contributed by atoms with Gasteiger partial charge >= 0.3 is 0 Å². The Kier molecular flexibility index (Phi) is 5.15. The molecule has 0 N–H and O–H groups in total. The number of carbonyl (C=O) groups is 1. The minimum absolute atomic E-state index is 0.0743. The molecule has 0 atom stereocenters. The number of hydrogen-bond acceptors (Lipinski definition) is 5. The Hall–Kier alpha value is -4.00. The number of benzene rings is 2. The number of methoxy groups -OCH3 is 1. The Morgan fingerprint density at radius 3 is 2.69 bits per heavy atom. The minimum Gasteiger partial charge on any atom is -0.481 e. The molecule has 160 valence electrons. The van der Waals surface area contributed by atoms with E-state index in [-0.39, 0.29) is 5.91 Å². The molecule has 0 unspecified atom stereocenters. The maximum Gasteiger partial charge on any atom is 0.260 e. The Balaban J connectivity index is 1.41. The van der Waals surface area contributed by atoms with Crippen LogP contribution in [-0.4, -0.2) is 39.3 Å². The van der Waals surface area contributed by atoms with Crippen molar-refractivity contribution in [2.24, 2.45) is 0 Å². The third-order valence-electron chi connectivity index (χ3n) is 5.81. The predicted molar refractivity (Wildman–Crippen MR) is 122 cm³/mol. The smallest absolute Gasteiger partial charge is 0.260 e. The fourth-order valence-corrected chi connectivity index (χ4v) is 4.06. The van der Waals surface area contributed by atoms with Gasteiger partial charge in [-0.05, 0) is 66.3 Å². The summed E-state index contributed by atoms with van der Waals surface area (Å²) in [5.74, 6) is 0.739. The van der Waals surface area contributed by atoms with Crippen molar-refractivity contribution in [3.05, 3.63) is 94.9 Å². The van der Waals surface area contributed by atoms with E-state index in [0.29, 0.717) is 18.4 Å². The van der Waals surface area contributed by atoms with Crippen LogP contribution >= 0.6 is 0 Å². The van der Waals surface area contributed by atoms with E-state index in [4.69, 9.17) is 4.74 Å². The van der Waals surface area contributed by atoms with Crippen LogP contribution < -0.4 is 9.64 Å².